The van der Waals surface area contributed by atoms with Crippen LogP contribution in [0.3, 0.4) is 0 Å². The van der Waals surface area contributed by atoms with Crippen LogP contribution in [0, 0.1) is 0 Å². The molecule has 0 spiro atoms. The first kappa shape index (κ1) is 88.3. The first-order valence-electron chi connectivity index (χ1n) is 41.6. The topological polar surface area (TPSA) is 95.9 Å². The molecule has 2 atom stereocenters. The van der Waals surface area contributed by atoms with Gasteiger partial charge in [0.15, 0.2) is 0 Å². The van der Waals surface area contributed by atoms with Crippen molar-refractivity contribution in [3.8, 4) is 0 Å². The largest absolute Gasteiger partial charge is 0.466 e. The van der Waals surface area contributed by atoms with Gasteiger partial charge in [-0.1, -0.05) is 430 Å². The van der Waals surface area contributed by atoms with Gasteiger partial charge in [-0.15, -0.1) is 0 Å². The van der Waals surface area contributed by atoms with Crippen LogP contribution < -0.4 is 5.32 Å². The average molecular weight is 1270 g/mol. The standard InChI is InChI=1S/C84H163NO5/c1-3-5-7-9-11-13-15-17-19-20-21-39-42-45-49-52-56-60-64-68-72-76-82(87)81(80-86)85-83(88)77-73-69-65-61-57-53-50-46-43-40-37-35-33-31-29-27-25-23-22-24-26-28-30-32-34-36-38-41-44-47-51-55-59-63-67-71-75-79-90-84(89)78-74-70-66-62-58-54-48-18-16-14-12-10-8-6-4-2/h18,48,72,76,81-82,86-87H,3-17,19-47,49-71,73-75,77-80H2,1-2H3,(H,85,88)/b48-18-,76-72+. The predicted molar refractivity (Wildman–Crippen MR) is 398 cm³/mol. The number of ether oxygens (including phenoxy) is 1. The molecule has 0 aliphatic carbocycles. The lowest BCUT2D eigenvalue weighted by Crippen LogP contribution is -2.45. The van der Waals surface area contributed by atoms with Gasteiger partial charge in [0.25, 0.3) is 0 Å². The lowest BCUT2D eigenvalue weighted by atomic mass is 10.0. The van der Waals surface area contributed by atoms with E-state index in [9.17, 15) is 19.8 Å². The summed E-state index contributed by atoms with van der Waals surface area (Å²) in [6.45, 7) is 4.95. The molecule has 0 rings (SSSR count). The maximum atomic E-state index is 12.5. The first-order valence-corrected chi connectivity index (χ1v) is 41.6. The predicted octanol–water partition coefficient (Wildman–Crippen LogP) is 27.6. The van der Waals surface area contributed by atoms with Crippen LogP contribution >= 0.6 is 0 Å². The number of amides is 1. The van der Waals surface area contributed by atoms with Gasteiger partial charge >= 0.3 is 5.97 Å². The van der Waals surface area contributed by atoms with Crippen molar-refractivity contribution in [1.82, 2.24) is 5.32 Å². The van der Waals surface area contributed by atoms with E-state index in [0.29, 0.717) is 19.4 Å². The summed E-state index contributed by atoms with van der Waals surface area (Å²) in [6.07, 6.45) is 103. The molecule has 0 fully saturated rings. The van der Waals surface area contributed by atoms with Gasteiger partial charge in [0.1, 0.15) is 0 Å². The molecule has 0 radical (unpaired) electrons. The number of allylic oxidation sites excluding steroid dienone is 3. The zero-order valence-electron chi connectivity index (χ0n) is 61.4. The van der Waals surface area contributed by atoms with Crippen LogP contribution in [-0.2, 0) is 14.3 Å². The molecule has 0 aromatic rings. The second-order valence-corrected chi connectivity index (χ2v) is 28.8. The summed E-state index contributed by atoms with van der Waals surface area (Å²) in [4.78, 5) is 24.6. The Morgan fingerprint density at radius 2 is 0.522 bits per heavy atom. The second-order valence-electron chi connectivity index (χ2n) is 28.8. The van der Waals surface area contributed by atoms with Crippen LogP contribution in [0.15, 0.2) is 24.3 Å². The molecule has 0 saturated carbocycles. The monoisotopic (exact) mass is 1270 g/mol. The highest BCUT2D eigenvalue weighted by Gasteiger charge is 2.18. The second kappa shape index (κ2) is 79.8. The minimum atomic E-state index is -0.841. The van der Waals surface area contributed by atoms with E-state index in [4.69, 9.17) is 4.74 Å². The van der Waals surface area contributed by atoms with Gasteiger partial charge < -0.3 is 20.3 Å². The van der Waals surface area contributed by atoms with Crippen molar-refractivity contribution < 1.29 is 24.5 Å². The Bertz CT molecular complexity index is 1410. The minimum Gasteiger partial charge on any atom is -0.466 e. The Labute approximate surface area is 564 Å². The molecule has 0 aromatic carbocycles. The normalized spacial score (nSPS) is 12.5. The average Bonchev–Trinajstić information content (AvgIpc) is 3.68. The molecular formula is C84H163NO5. The van der Waals surface area contributed by atoms with E-state index in [-0.39, 0.29) is 18.5 Å². The van der Waals surface area contributed by atoms with Crippen molar-refractivity contribution in [3.05, 3.63) is 24.3 Å². The molecule has 0 saturated heterocycles. The molecule has 2 unspecified atom stereocenters. The third kappa shape index (κ3) is 75.4. The highest BCUT2D eigenvalue weighted by Crippen LogP contribution is 2.20. The van der Waals surface area contributed by atoms with E-state index in [0.717, 1.165) is 44.9 Å². The zero-order chi connectivity index (χ0) is 64.9. The quantitative estimate of drug-likeness (QED) is 0.0320. The van der Waals surface area contributed by atoms with Crippen LogP contribution in [-0.4, -0.2) is 47.4 Å². The highest BCUT2D eigenvalue weighted by atomic mass is 16.5. The minimum absolute atomic E-state index is 0.0162. The number of aliphatic hydroxyl groups excluding tert-OH is 2. The fourth-order valence-electron chi connectivity index (χ4n) is 13.4. The molecule has 0 aliphatic rings. The van der Waals surface area contributed by atoms with E-state index >= 15 is 0 Å². The van der Waals surface area contributed by atoms with Gasteiger partial charge in [-0.2, -0.15) is 0 Å². The van der Waals surface area contributed by atoms with E-state index in [1.165, 1.54) is 405 Å². The number of nitrogens with one attached hydrogen (secondary N) is 1. The number of carbonyl (C=O) groups excluding carboxylic acids is 2. The van der Waals surface area contributed by atoms with Crippen LogP contribution in [0.1, 0.15) is 476 Å². The van der Waals surface area contributed by atoms with Gasteiger partial charge in [-0.25, -0.2) is 0 Å². The van der Waals surface area contributed by atoms with Gasteiger partial charge in [-0.05, 0) is 57.8 Å². The van der Waals surface area contributed by atoms with E-state index in [1.54, 1.807) is 6.08 Å². The first-order chi connectivity index (χ1) is 44.5. The van der Waals surface area contributed by atoms with Crippen molar-refractivity contribution in [2.75, 3.05) is 13.2 Å². The van der Waals surface area contributed by atoms with Crippen molar-refractivity contribution >= 4 is 11.9 Å². The number of esters is 1. The summed E-state index contributed by atoms with van der Waals surface area (Å²) in [5.74, 6) is -0.0409. The molecule has 0 bridgehead atoms. The van der Waals surface area contributed by atoms with E-state index in [2.05, 4.69) is 31.3 Å². The molecule has 6 heteroatoms. The van der Waals surface area contributed by atoms with Crippen molar-refractivity contribution in [1.29, 1.82) is 0 Å². The highest BCUT2D eigenvalue weighted by molar-refractivity contribution is 5.76. The molecule has 534 valence electrons. The maximum absolute atomic E-state index is 12.5. The van der Waals surface area contributed by atoms with Gasteiger partial charge in [0.2, 0.25) is 5.91 Å². The number of aliphatic hydroxyl groups is 2. The summed E-state index contributed by atoms with van der Waals surface area (Å²) in [5, 5.41) is 23.3. The third-order valence-electron chi connectivity index (χ3n) is 19.7. The van der Waals surface area contributed by atoms with Gasteiger partial charge in [0, 0.05) is 12.8 Å². The third-order valence-corrected chi connectivity index (χ3v) is 19.7. The summed E-state index contributed by atoms with van der Waals surface area (Å²) < 4.78 is 5.50. The smallest absolute Gasteiger partial charge is 0.305 e. The molecule has 0 aliphatic heterocycles. The SMILES string of the molecule is CCCCCCCC/C=C\CCCCCCCC(=O)OCCCCCCCCCCCCCCCCCCCCCCCCCCCCCCCCCCCCCCCC(=O)NC(CO)C(O)/C=C/CCCCCCCCCCCCCCCCCCCCC. The maximum Gasteiger partial charge on any atom is 0.305 e. The van der Waals surface area contributed by atoms with Crippen molar-refractivity contribution in [3.63, 3.8) is 0 Å². The molecule has 90 heavy (non-hydrogen) atoms. The van der Waals surface area contributed by atoms with Crippen molar-refractivity contribution in [2.24, 2.45) is 0 Å². The molecule has 6 nitrogen and oxygen atoms in total. The summed E-state index contributed by atoms with van der Waals surface area (Å²) in [7, 11) is 0. The number of hydrogen-bond acceptors (Lipinski definition) is 5. The Hall–Kier alpha value is -1.66. The van der Waals surface area contributed by atoms with Crippen LogP contribution in [0.2, 0.25) is 0 Å². The molecule has 0 aromatic heterocycles. The van der Waals surface area contributed by atoms with Crippen LogP contribution in [0.5, 0.6) is 0 Å². The van der Waals surface area contributed by atoms with Crippen molar-refractivity contribution in [2.45, 2.75) is 488 Å². The van der Waals surface area contributed by atoms with Crippen LogP contribution in [0.25, 0.3) is 0 Å². The Morgan fingerprint density at radius 1 is 0.300 bits per heavy atom. The lowest BCUT2D eigenvalue weighted by Gasteiger charge is -2.20. The Balaban J connectivity index is 3.32. The zero-order valence-corrected chi connectivity index (χ0v) is 61.4. The van der Waals surface area contributed by atoms with E-state index in [1.807, 2.05) is 6.08 Å². The summed E-state index contributed by atoms with van der Waals surface area (Å²) >= 11 is 0. The van der Waals surface area contributed by atoms with Gasteiger partial charge in [-0.3, -0.25) is 9.59 Å². The fraction of sp³-hybridized carbons (Fsp3) is 0.929. The van der Waals surface area contributed by atoms with Crippen LogP contribution in [0.4, 0.5) is 0 Å². The summed E-state index contributed by atoms with van der Waals surface area (Å²) in [6, 6.07) is -0.624. The molecule has 3 N–H and O–H groups in total. The van der Waals surface area contributed by atoms with Gasteiger partial charge in [0.05, 0.1) is 25.4 Å². The number of unbranched alkanes of at least 4 members (excludes halogenated alkanes) is 66. The Kier molecular flexibility index (Phi) is 78.3. The molecular weight excluding hydrogens is 1100 g/mol. The number of rotatable bonds is 79. The molecule has 0 heterocycles. The lowest BCUT2D eigenvalue weighted by molar-refractivity contribution is -0.143. The number of carbonyl (C=O) groups is 2. The molecule has 1 amide bonds. The summed E-state index contributed by atoms with van der Waals surface area (Å²) in [5.41, 5.74) is 0. The fourth-order valence-corrected chi connectivity index (χ4v) is 13.4. The Morgan fingerprint density at radius 3 is 0.789 bits per heavy atom. The van der Waals surface area contributed by atoms with E-state index < -0.39 is 12.1 Å². The number of hydrogen-bond donors (Lipinski definition) is 3.